The van der Waals surface area contributed by atoms with Gasteiger partial charge in [-0.1, -0.05) is 120 Å². The van der Waals surface area contributed by atoms with Crippen LogP contribution in [0, 0.1) is 5.92 Å². The Morgan fingerprint density at radius 2 is 0.884 bits per heavy atom. The number of thioether (sulfide) groups is 2. The Morgan fingerprint density at radius 3 is 1.21 bits per heavy atom. The van der Waals surface area contributed by atoms with E-state index < -0.39 is 29.2 Å². The highest BCUT2D eigenvalue weighted by atomic mass is 32.2. The molecule has 0 fully saturated rings. The van der Waals surface area contributed by atoms with Crippen molar-refractivity contribution in [2.75, 3.05) is 10.6 Å². The topological polar surface area (TPSA) is 58.2 Å². The minimum atomic E-state index is -2.54. The van der Waals surface area contributed by atoms with Crippen molar-refractivity contribution in [1.29, 1.82) is 0 Å². The van der Waals surface area contributed by atoms with Crippen LogP contribution < -0.4 is 10.6 Å². The Hall–Kier alpha value is -2.20. The van der Waals surface area contributed by atoms with E-state index in [0.29, 0.717) is 57.5 Å². The van der Waals surface area contributed by atoms with Gasteiger partial charge in [0.2, 0.25) is 11.8 Å². The number of unbranched alkanes of at least 4 members (excludes halogenated alkanes) is 13. The minimum absolute atomic E-state index is 0.355. The van der Waals surface area contributed by atoms with Crippen molar-refractivity contribution in [3.63, 3.8) is 0 Å². The lowest BCUT2D eigenvalue weighted by atomic mass is 9.97. The van der Waals surface area contributed by atoms with Gasteiger partial charge in [-0.15, -0.1) is 0 Å². The number of benzene rings is 2. The molecule has 240 valence electrons. The summed E-state index contributed by atoms with van der Waals surface area (Å²) in [5, 5.41) is 5.47. The average Bonchev–Trinajstić information content (AvgIpc) is 2.96. The molecule has 0 spiro atoms. The van der Waals surface area contributed by atoms with Gasteiger partial charge in [-0.3, -0.25) is 9.59 Å². The van der Waals surface area contributed by atoms with Gasteiger partial charge in [-0.2, -0.15) is 17.6 Å². The quantitative estimate of drug-likeness (QED) is 0.0548. The van der Waals surface area contributed by atoms with Gasteiger partial charge in [-0.05, 0) is 55.0 Å². The second-order valence-electron chi connectivity index (χ2n) is 10.7. The molecule has 0 atom stereocenters. The van der Waals surface area contributed by atoms with Gasteiger partial charge in [0.15, 0.2) is 0 Å². The third-order valence-electron chi connectivity index (χ3n) is 7.17. The summed E-state index contributed by atoms with van der Waals surface area (Å²) in [5.41, 5.74) is 0.825. The van der Waals surface area contributed by atoms with Crippen LogP contribution in [0.4, 0.5) is 28.9 Å². The lowest BCUT2D eigenvalue weighted by molar-refractivity contribution is -0.129. The maximum atomic E-state index is 13.2. The SMILES string of the molecule is CCCCCCCCCCCCCCCCC(C(=O)Nc1ccc(SC(F)F)cc1)C(=O)Nc1ccc(SC(F)F)cc1. The van der Waals surface area contributed by atoms with E-state index >= 15 is 0 Å². The Morgan fingerprint density at radius 1 is 0.558 bits per heavy atom. The Bertz CT molecular complexity index is 973. The fourth-order valence-corrected chi connectivity index (χ4v) is 5.82. The van der Waals surface area contributed by atoms with Crippen LogP contribution >= 0.6 is 23.5 Å². The zero-order valence-corrected chi connectivity index (χ0v) is 26.7. The average molecular weight is 643 g/mol. The second-order valence-corrected chi connectivity index (χ2v) is 12.8. The number of carbonyl (C=O) groups is 2. The van der Waals surface area contributed by atoms with Crippen LogP contribution in [0.3, 0.4) is 0 Å². The van der Waals surface area contributed by atoms with Crippen LogP contribution in [0.1, 0.15) is 103 Å². The highest BCUT2D eigenvalue weighted by molar-refractivity contribution is 7.99. The molecule has 0 unspecified atom stereocenters. The summed E-state index contributed by atoms with van der Waals surface area (Å²) in [6.45, 7) is 2.24. The molecule has 0 bridgehead atoms. The normalized spacial score (nSPS) is 11.4. The fraction of sp³-hybridized carbons (Fsp3) is 0.576. The van der Waals surface area contributed by atoms with E-state index in [0.717, 1.165) is 19.3 Å². The standard InChI is InChI=1S/C33H46F4N2O2S2/c1-2-3-4-5-6-7-8-9-10-11-12-13-14-15-16-29(30(40)38-25-17-21-27(22-18-25)42-32(34)35)31(41)39-26-19-23-28(24-20-26)43-33(36)37/h17-24,29,32-33H,2-16H2,1H3,(H,38,40)(H,39,41). The van der Waals surface area contributed by atoms with E-state index in [1.54, 1.807) is 0 Å². The van der Waals surface area contributed by atoms with Crippen molar-refractivity contribution < 1.29 is 27.2 Å². The highest BCUT2D eigenvalue weighted by Gasteiger charge is 2.26. The first-order valence-corrected chi connectivity index (χ1v) is 17.3. The molecule has 0 aliphatic rings. The van der Waals surface area contributed by atoms with Crippen molar-refractivity contribution in [2.24, 2.45) is 5.92 Å². The van der Waals surface area contributed by atoms with E-state index in [4.69, 9.17) is 0 Å². The van der Waals surface area contributed by atoms with E-state index in [2.05, 4.69) is 17.6 Å². The Labute approximate surface area is 262 Å². The van der Waals surface area contributed by atoms with Gasteiger partial charge in [0, 0.05) is 21.2 Å². The van der Waals surface area contributed by atoms with E-state index in [-0.39, 0.29) is 0 Å². The molecule has 0 aliphatic carbocycles. The molecule has 43 heavy (non-hydrogen) atoms. The predicted molar refractivity (Wildman–Crippen MR) is 172 cm³/mol. The number of carbonyl (C=O) groups excluding carboxylic acids is 2. The van der Waals surface area contributed by atoms with Crippen LogP contribution in [0.5, 0.6) is 0 Å². The summed E-state index contributed by atoms with van der Waals surface area (Å²) in [6.07, 6.45) is 17.2. The van der Waals surface area contributed by atoms with Crippen LogP contribution in [0.2, 0.25) is 0 Å². The van der Waals surface area contributed by atoms with Gasteiger partial charge < -0.3 is 10.6 Å². The molecule has 0 saturated heterocycles. The number of anilines is 2. The maximum Gasteiger partial charge on any atom is 0.288 e. The van der Waals surface area contributed by atoms with E-state index in [9.17, 15) is 27.2 Å². The molecule has 0 aliphatic heterocycles. The molecule has 2 aromatic carbocycles. The summed E-state index contributed by atoms with van der Waals surface area (Å²) >= 11 is 0.832. The molecular weight excluding hydrogens is 597 g/mol. The molecule has 2 N–H and O–H groups in total. The summed E-state index contributed by atoms with van der Waals surface area (Å²) in [7, 11) is 0. The lowest BCUT2D eigenvalue weighted by Crippen LogP contribution is -2.34. The first kappa shape index (κ1) is 37.0. The number of hydrogen-bond acceptors (Lipinski definition) is 4. The van der Waals surface area contributed by atoms with Gasteiger partial charge >= 0.3 is 0 Å². The Kier molecular flexibility index (Phi) is 19.2. The number of rotatable bonds is 23. The van der Waals surface area contributed by atoms with Crippen molar-refractivity contribution >= 4 is 46.7 Å². The number of halogens is 4. The van der Waals surface area contributed by atoms with Crippen molar-refractivity contribution in [1.82, 2.24) is 0 Å². The van der Waals surface area contributed by atoms with Crippen LogP contribution in [-0.2, 0) is 9.59 Å². The van der Waals surface area contributed by atoms with Gasteiger partial charge in [-0.25, -0.2) is 0 Å². The third-order valence-corrected chi connectivity index (χ3v) is 8.62. The molecular formula is C33H46F4N2O2S2. The molecule has 2 amide bonds. The van der Waals surface area contributed by atoms with Gasteiger partial charge in [0.05, 0.1) is 0 Å². The molecule has 0 heterocycles. The maximum absolute atomic E-state index is 13.2. The Balaban J connectivity index is 1.82. The highest BCUT2D eigenvalue weighted by Crippen LogP contribution is 2.28. The van der Waals surface area contributed by atoms with E-state index in [1.165, 1.54) is 113 Å². The van der Waals surface area contributed by atoms with Crippen LogP contribution in [0.25, 0.3) is 0 Å². The van der Waals surface area contributed by atoms with Crippen LogP contribution in [0.15, 0.2) is 58.3 Å². The summed E-state index contributed by atoms with van der Waals surface area (Å²) in [5.74, 6) is -7.01. The van der Waals surface area contributed by atoms with Crippen molar-refractivity contribution in [3.8, 4) is 0 Å². The summed E-state index contributed by atoms with van der Waals surface area (Å²) in [4.78, 5) is 27.1. The molecule has 0 radical (unpaired) electrons. The molecule has 0 saturated carbocycles. The number of amides is 2. The molecule has 0 aromatic heterocycles. The first-order valence-electron chi connectivity index (χ1n) is 15.5. The minimum Gasteiger partial charge on any atom is -0.325 e. The monoisotopic (exact) mass is 642 g/mol. The van der Waals surface area contributed by atoms with Crippen LogP contribution in [-0.4, -0.2) is 23.3 Å². The number of nitrogens with one attached hydrogen (secondary N) is 2. The number of alkyl halides is 4. The fourth-order valence-electron chi connectivity index (χ4n) is 4.82. The zero-order chi connectivity index (χ0) is 31.3. The third kappa shape index (κ3) is 17.0. The van der Waals surface area contributed by atoms with Gasteiger partial charge in [0.25, 0.3) is 11.5 Å². The van der Waals surface area contributed by atoms with Crippen molar-refractivity contribution in [2.45, 2.75) is 125 Å². The zero-order valence-electron chi connectivity index (χ0n) is 25.1. The lowest BCUT2D eigenvalue weighted by Gasteiger charge is -2.17. The molecule has 4 nitrogen and oxygen atoms in total. The molecule has 2 aromatic rings. The smallest absolute Gasteiger partial charge is 0.288 e. The summed E-state index contributed by atoms with van der Waals surface area (Å²) < 4.78 is 50.5. The predicted octanol–water partition coefficient (Wildman–Crippen LogP) is 11.4. The molecule has 2 rings (SSSR count). The largest absolute Gasteiger partial charge is 0.325 e. The number of hydrogen-bond donors (Lipinski definition) is 2. The van der Waals surface area contributed by atoms with Gasteiger partial charge in [0.1, 0.15) is 5.92 Å². The van der Waals surface area contributed by atoms with Crippen molar-refractivity contribution in [3.05, 3.63) is 48.5 Å². The second kappa shape index (κ2) is 22.3. The first-order chi connectivity index (χ1) is 20.8. The molecule has 10 heteroatoms. The van der Waals surface area contributed by atoms with E-state index in [1.807, 2.05) is 0 Å². The summed E-state index contributed by atoms with van der Waals surface area (Å²) in [6, 6.07) is 12.1.